The summed E-state index contributed by atoms with van der Waals surface area (Å²) in [5, 5.41) is 9.69. The fourth-order valence-electron chi connectivity index (χ4n) is 2.16. The standard InChI is InChI=1S/C13H16F2O2/c1-3-13(2)11(16)7-12(13)17-10-6-8(14)4-5-9(10)15/h4-6,11-12,16H,3,7H2,1-2H3. The van der Waals surface area contributed by atoms with Crippen LogP contribution in [0.2, 0.25) is 0 Å². The lowest BCUT2D eigenvalue weighted by Gasteiger charge is -2.50. The Balaban J connectivity index is 2.14. The molecule has 3 unspecified atom stereocenters. The molecule has 0 bridgehead atoms. The average molecular weight is 242 g/mol. The summed E-state index contributed by atoms with van der Waals surface area (Å²) in [7, 11) is 0. The molecule has 0 aliphatic heterocycles. The Bertz CT molecular complexity index is 422. The first-order valence-electron chi connectivity index (χ1n) is 5.77. The van der Waals surface area contributed by atoms with Crippen molar-refractivity contribution in [2.45, 2.75) is 38.9 Å². The zero-order valence-electron chi connectivity index (χ0n) is 9.91. The van der Waals surface area contributed by atoms with Gasteiger partial charge in [-0.25, -0.2) is 8.78 Å². The fraction of sp³-hybridized carbons (Fsp3) is 0.538. The van der Waals surface area contributed by atoms with Gasteiger partial charge in [0, 0.05) is 17.9 Å². The molecule has 1 aliphatic carbocycles. The monoisotopic (exact) mass is 242 g/mol. The van der Waals surface area contributed by atoms with Crippen molar-refractivity contribution in [2.24, 2.45) is 5.41 Å². The normalized spacial score (nSPS) is 32.1. The van der Waals surface area contributed by atoms with Crippen LogP contribution in [0.3, 0.4) is 0 Å². The highest BCUT2D eigenvalue weighted by Gasteiger charge is 2.51. The minimum Gasteiger partial charge on any atom is -0.486 e. The van der Waals surface area contributed by atoms with E-state index in [9.17, 15) is 13.9 Å². The van der Waals surface area contributed by atoms with Crippen molar-refractivity contribution in [1.82, 2.24) is 0 Å². The molecule has 1 fully saturated rings. The van der Waals surface area contributed by atoms with Crippen LogP contribution in [0.15, 0.2) is 18.2 Å². The van der Waals surface area contributed by atoms with Gasteiger partial charge in [0.2, 0.25) is 0 Å². The molecular formula is C13H16F2O2. The number of aliphatic hydroxyl groups excluding tert-OH is 1. The number of benzene rings is 1. The van der Waals surface area contributed by atoms with Gasteiger partial charge < -0.3 is 9.84 Å². The van der Waals surface area contributed by atoms with E-state index in [0.29, 0.717) is 6.42 Å². The van der Waals surface area contributed by atoms with Gasteiger partial charge in [0.1, 0.15) is 11.9 Å². The van der Waals surface area contributed by atoms with Crippen molar-refractivity contribution in [3.05, 3.63) is 29.8 Å². The number of aliphatic hydroxyl groups is 1. The predicted molar refractivity (Wildman–Crippen MR) is 59.8 cm³/mol. The second-order valence-electron chi connectivity index (χ2n) is 4.79. The predicted octanol–water partition coefficient (Wildman–Crippen LogP) is 2.89. The van der Waals surface area contributed by atoms with Crippen LogP contribution < -0.4 is 4.74 Å². The minimum atomic E-state index is -0.578. The topological polar surface area (TPSA) is 29.5 Å². The number of hydrogen-bond acceptors (Lipinski definition) is 2. The smallest absolute Gasteiger partial charge is 0.165 e. The zero-order chi connectivity index (χ0) is 12.6. The van der Waals surface area contributed by atoms with Crippen molar-refractivity contribution >= 4 is 0 Å². The van der Waals surface area contributed by atoms with Crippen LogP contribution in [-0.4, -0.2) is 17.3 Å². The van der Waals surface area contributed by atoms with Gasteiger partial charge in [-0.2, -0.15) is 0 Å². The second-order valence-corrected chi connectivity index (χ2v) is 4.79. The van der Waals surface area contributed by atoms with Gasteiger partial charge in [0.25, 0.3) is 0 Å². The quantitative estimate of drug-likeness (QED) is 0.883. The third-order valence-corrected chi connectivity index (χ3v) is 3.86. The maximum atomic E-state index is 13.4. The number of rotatable bonds is 3. The minimum absolute atomic E-state index is 0.0819. The van der Waals surface area contributed by atoms with E-state index in [2.05, 4.69) is 0 Å². The average Bonchev–Trinajstić information content (AvgIpc) is 2.32. The number of halogens is 2. The van der Waals surface area contributed by atoms with E-state index < -0.39 is 17.7 Å². The lowest BCUT2D eigenvalue weighted by molar-refractivity contribution is -0.147. The highest BCUT2D eigenvalue weighted by molar-refractivity contribution is 5.26. The van der Waals surface area contributed by atoms with Crippen molar-refractivity contribution in [3.8, 4) is 5.75 Å². The molecule has 0 saturated heterocycles. The lowest BCUT2D eigenvalue weighted by atomic mass is 9.63. The van der Waals surface area contributed by atoms with Crippen molar-refractivity contribution in [3.63, 3.8) is 0 Å². The molecule has 1 aromatic rings. The highest BCUT2D eigenvalue weighted by atomic mass is 19.1. The van der Waals surface area contributed by atoms with Gasteiger partial charge >= 0.3 is 0 Å². The molecule has 1 aromatic carbocycles. The molecule has 2 rings (SSSR count). The van der Waals surface area contributed by atoms with Crippen LogP contribution in [-0.2, 0) is 0 Å². The third-order valence-electron chi connectivity index (χ3n) is 3.86. The summed E-state index contributed by atoms with van der Waals surface area (Å²) in [6, 6.07) is 3.13. The van der Waals surface area contributed by atoms with Gasteiger partial charge in [-0.15, -0.1) is 0 Å². The Morgan fingerprint density at radius 3 is 2.76 bits per heavy atom. The molecule has 0 radical (unpaired) electrons. The van der Waals surface area contributed by atoms with E-state index in [1.165, 1.54) is 0 Å². The first-order valence-corrected chi connectivity index (χ1v) is 5.77. The first-order chi connectivity index (χ1) is 7.97. The molecule has 0 aromatic heterocycles. The Morgan fingerprint density at radius 2 is 2.18 bits per heavy atom. The molecule has 1 N–H and O–H groups in total. The summed E-state index contributed by atoms with van der Waals surface area (Å²) in [5.41, 5.74) is -0.376. The van der Waals surface area contributed by atoms with E-state index >= 15 is 0 Å². The molecule has 17 heavy (non-hydrogen) atoms. The Hall–Kier alpha value is -1.16. The molecule has 0 amide bonds. The van der Waals surface area contributed by atoms with E-state index in [1.807, 2.05) is 13.8 Å². The third kappa shape index (κ3) is 2.02. The van der Waals surface area contributed by atoms with Gasteiger partial charge in [-0.3, -0.25) is 0 Å². The van der Waals surface area contributed by atoms with Crippen molar-refractivity contribution < 1.29 is 18.6 Å². The summed E-state index contributed by atoms with van der Waals surface area (Å²) >= 11 is 0. The molecule has 94 valence electrons. The van der Waals surface area contributed by atoms with Gasteiger partial charge in [0.05, 0.1) is 6.10 Å². The molecule has 3 atom stereocenters. The van der Waals surface area contributed by atoms with Crippen LogP contribution in [0.25, 0.3) is 0 Å². The Morgan fingerprint density at radius 1 is 1.47 bits per heavy atom. The SMILES string of the molecule is CCC1(C)C(O)CC1Oc1cc(F)ccc1F. The van der Waals surface area contributed by atoms with Gasteiger partial charge in [-0.05, 0) is 18.6 Å². The summed E-state index contributed by atoms with van der Waals surface area (Å²) in [4.78, 5) is 0. The van der Waals surface area contributed by atoms with E-state index in [4.69, 9.17) is 4.74 Å². The molecule has 2 nitrogen and oxygen atoms in total. The maximum Gasteiger partial charge on any atom is 0.165 e. The van der Waals surface area contributed by atoms with Crippen LogP contribution in [0.1, 0.15) is 26.7 Å². The summed E-state index contributed by atoms with van der Waals surface area (Å²) in [6.45, 7) is 3.84. The Kier molecular flexibility index (Phi) is 3.08. The first kappa shape index (κ1) is 12.3. The number of hydrogen-bond donors (Lipinski definition) is 1. The Labute approximate surface area is 99.2 Å². The van der Waals surface area contributed by atoms with Crippen LogP contribution in [0, 0.1) is 17.0 Å². The van der Waals surface area contributed by atoms with Crippen LogP contribution in [0.5, 0.6) is 5.75 Å². The van der Waals surface area contributed by atoms with E-state index in [1.54, 1.807) is 0 Å². The molecule has 0 spiro atoms. The molecule has 4 heteroatoms. The van der Waals surface area contributed by atoms with Crippen LogP contribution >= 0.6 is 0 Å². The van der Waals surface area contributed by atoms with Crippen molar-refractivity contribution in [2.75, 3.05) is 0 Å². The van der Waals surface area contributed by atoms with Gasteiger partial charge in [-0.1, -0.05) is 13.8 Å². The summed E-state index contributed by atoms with van der Waals surface area (Å²) in [5.74, 6) is -1.19. The lowest BCUT2D eigenvalue weighted by Crippen LogP contribution is -2.57. The highest BCUT2D eigenvalue weighted by Crippen LogP contribution is 2.46. The zero-order valence-corrected chi connectivity index (χ0v) is 9.91. The van der Waals surface area contributed by atoms with Crippen molar-refractivity contribution in [1.29, 1.82) is 0 Å². The molecule has 1 saturated carbocycles. The van der Waals surface area contributed by atoms with E-state index in [0.717, 1.165) is 24.6 Å². The molecule has 1 aliphatic rings. The van der Waals surface area contributed by atoms with E-state index in [-0.39, 0.29) is 17.3 Å². The number of ether oxygens (including phenoxy) is 1. The molecular weight excluding hydrogens is 226 g/mol. The largest absolute Gasteiger partial charge is 0.486 e. The summed E-state index contributed by atoms with van der Waals surface area (Å²) < 4.78 is 31.8. The summed E-state index contributed by atoms with van der Waals surface area (Å²) in [6.07, 6.45) is 0.490. The molecule has 0 heterocycles. The van der Waals surface area contributed by atoms with Gasteiger partial charge in [0.15, 0.2) is 11.6 Å². The maximum absolute atomic E-state index is 13.4. The van der Waals surface area contributed by atoms with Crippen LogP contribution in [0.4, 0.5) is 8.78 Å². The fourth-order valence-corrected chi connectivity index (χ4v) is 2.16. The second kappa shape index (κ2) is 4.26.